The zero-order valence-electron chi connectivity index (χ0n) is 12.0. The topological polar surface area (TPSA) is 55.6 Å². The van der Waals surface area contributed by atoms with Gasteiger partial charge >= 0.3 is 0 Å². The molecule has 0 fully saturated rings. The lowest BCUT2D eigenvalue weighted by atomic mass is 10.1. The molecule has 0 saturated heterocycles. The summed E-state index contributed by atoms with van der Waals surface area (Å²) in [5, 5.41) is 0. The van der Waals surface area contributed by atoms with Crippen LogP contribution in [-0.2, 0) is 6.54 Å². The summed E-state index contributed by atoms with van der Waals surface area (Å²) >= 11 is 0. The quantitative estimate of drug-likeness (QED) is 0.936. The Labute approximate surface area is 124 Å². The van der Waals surface area contributed by atoms with E-state index in [0.29, 0.717) is 13.1 Å². The lowest BCUT2D eigenvalue weighted by Crippen LogP contribution is -2.31. The Kier molecular flexibility index (Phi) is 3.62. The largest absolute Gasteiger partial charge is 0.497 e. The summed E-state index contributed by atoms with van der Waals surface area (Å²) in [6.45, 7) is 0.984. The molecule has 21 heavy (non-hydrogen) atoms. The molecule has 1 atom stereocenters. The van der Waals surface area contributed by atoms with E-state index in [1.165, 1.54) is 0 Å². The summed E-state index contributed by atoms with van der Waals surface area (Å²) in [6, 6.07) is 15.4. The van der Waals surface area contributed by atoms with Gasteiger partial charge in [0.05, 0.1) is 13.2 Å². The van der Waals surface area contributed by atoms with Crippen LogP contribution in [0.25, 0.3) is 0 Å². The molecule has 0 aliphatic carbocycles. The van der Waals surface area contributed by atoms with E-state index >= 15 is 0 Å². The van der Waals surface area contributed by atoms with Crippen LogP contribution in [0.15, 0.2) is 48.5 Å². The molecule has 2 aromatic carbocycles. The van der Waals surface area contributed by atoms with Gasteiger partial charge in [0.2, 0.25) is 0 Å². The average molecular weight is 282 g/mol. The number of nitrogens with two attached hydrogens (primary N) is 1. The zero-order chi connectivity index (χ0) is 14.8. The van der Waals surface area contributed by atoms with Crippen LogP contribution in [0.4, 0.5) is 0 Å². The molecule has 4 heteroatoms. The highest BCUT2D eigenvalue weighted by atomic mass is 16.5. The number of amides is 1. The molecule has 0 aromatic heterocycles. The van der Waals surface area contributed by atoms with Gasteiger partial charge in [-0.1, -0.05) is 30.3 Å². The van der Waals surface area contributed by atoms with E-state index in [4.69, 9.17) is 10.5 Å². The van der Waals surface area contributed by atoms with Gasteiger partial charge in [-0.2, -0.15) is 0 Å². The zero-order valence-corrected chi connectivity index (χ0v) is 12.0. The summed E-state index contributed by atoms with van der Waals surface area (Å²) < 4.78 is 5.15. The lowest BCUT2D eigenvalue weighted by Gasteiger charge is -2.24. The predicted molar refractivity (Wildman–Crippen MR) is 81.1 cm³/mol. The highest BCUT2D eigenvalue weighted by Gasteiger charge is 2.35. The molecule has 0 spiro atoms. The number of nitrogens with zero attached hydrogens (tertiary/aromatic N) is 1. The van der Waals surface area contributed by atoms with Crippen LogP contribution in [0.1, 0.15) is 27.5 Å². The molecule has 0 bridgehead atoms. The summed E-state index contributed by atoms with van der Waals surface area (Å²) in [5.74, 6) is 0.863. The number of methoxy groups -OCH3 is 1. The molecule has 2 N–H and O–H groups in total. The van der Waals surface area contributed by atoms with Crippen LogP contribution in [0.2, 0.25) is 0 Å². The highest BCUT2D eigenvalue weighted by Crippen LogP contribution is 2.34. The second-order valence-electron chi connectivity index (χ2n) is 5.12. The minimum atomic E-state index is -0.0456. The van der Waals surface area contributed by atoms with Crippen LogP contribution >= 0.6 is 0 Å². The molecule has 1 aliphatic heterocycles. The minimum Gasteiger partial charge on any atom is -0.497 e. The normalized spacial score (nSPS) is 17.0. The third-order valence-corrected chi connectivity index (χ3v) is 3.92. The Bertz CT molecular complexity index is 652. The Hall–Kier alpha value is -2.33. The number of ether oxygens (including phenoxy) is 1. The summed E-state index contributed by atoms with van der Waals surface area (Å²) in [7, 11) is 1.64. The van der Waals surface area contributed by atoms with Gasteiger partial charge in [0.1, 0.15) is 5.75 Å². The van der Waals surface area contributed by atoms with Crippen LogP contribution < -0.4 is 10.5 Å². The lowest BCUT2D eigenvalue weighted by molar-refractivity contribution is 0.0715. The molecule has 1 unspecified atom stereocenters. The van der Waals surface area contributed by atoms with Gasteiger partial charge in [0.15, 0.2) is 0 Å². The second kappa shape index (κ2) is 5.58. The number of fused-ring (bicyclic) bond motifs is 1. The maximum atomic E-state index is 12.5. The predicted octanol–water partition coefficient (Wildman–Crippen LogP) is 2.35. The molecule has 108 valence electrons. The maximum Gasteiger partial charge on any atom is 0.255 e. The molecule has 4 nitrogen and oxygen atoms in total. The fourth-order valence-corrected chi connectivity index (χ4v) is 2.81. The molecular weight excluding hydrogens is 264 g/mol. The van der Waals surface area contributed by atoms with Gasteiger partial charge in [-0.05, 0) is 29.3 Å². The van der Waals surface area contributed by atoms with Gasteiger partial charge in [-0.3, -0.25) is 4.79 Å². The molecular formula is C17H18N2O2. The Balaban J connectivity index is 1.87. The molecule has 1 heterocycles. The molecule has 3 rings (SSSR count). The third kappa shape index (κ3) is 2.38. The smallest absolute Gasteiger partial charge is 0.255 e. The highest BCUT2D eigenvalue weighted by molar-refractivity contribution is 5.99. The van der Waals surface area contributed by atoms with Crippen molar-refractivity contribution in [3.63, 3.8) is 0 Å². The number of carbonyl (C=O) groups excluding carboxylic acids is 1. The van der Waals surface area contributed by atoms with Crippen LogP contribution in [0, 0.1) is 0 Å². The van der Waals surface area contributed by atoms with E-state index in [9.17, 15) is 4.79 Å². The van der Waals surface area contributed by atoms with E-state index in [-0.39, 0.29) is 11.9 Å². The fraction of sp³-hybridized carbons (Fsp3) is 0.235. The van der Waals surface area contributed by atoms with E-state index in [1.807, 2.05) is 53.4 Å². The van der Waals surface area contributed by atoms with Crippen molar-refractivity contribution in [1.82, 2.24) is 4.90 Å². The fourth-order valence-electron chi connectivity index (χ4n) is 2.81. The molecule has 1 aliphatic rings. The van der Waals surface area contributed by atoms with Gasteiger partial charge in [-0.25, -0.2) is 0 Å². The van der Waals surface area contributed by atoms with Crippen LogP contribution in [0.5, 0.6) is 5.75 Å². The van der Waals surface area contributed by atoms with Crippen molar-refractivity contribution in [3.8, 4) is 5.75 Å². The second-order valence-corrected chi connectivity index (χ2v) is 5.12. The van der Waals surface area contributed by atoms with Crippen LogP contribution in [-0.4, -0.2) is 24.5 Å². The first-order valence-corrected chi connectivity index (χ1v) is 6.97. The van der Waals surface area contributed by atoms with Crippen molar-refractivity contribution in [1.29, 1.82) is 0 Å². The Morgan fingerprint density at radius 1 is 1.14 bits per heavy atom. The minimum absolute atomic E-state index is 0.0456. The molecule has 0 saturated carbocycles. The maximum absolute atomic E-state index is 12.5. The van der Waals surface area contributed by atoms with Gasteiger partial charge in [0, 0.05) is 18.7 Å². The number of hydrogen-bond donors (Lipinski definition) is 1. The van der Waals surface area contributed by atoms with E-state index in [2.05, 4.69) is 0 Å². The van der Waals surface area contributed by atoms with Crippen LogP contribution in [0.3, 0.4) is 0 Å². The summed E-state index contributed by atoms with van der Waals surface area (Å²) in [6.07, 6.45) is 0. The third-order valence-electron chi connectivity index (χ3n) is 3.92. The number of benzene rings is 2. The van der Waals surface area contributed by atoms with Crippen molar-refractivity contribution < 1.29 is 9.53 Å². The average Bonchev–Trinajstić information content (AvgIpc) is 2.80. The van der Waals surface area contributed by atoms with Crippen molar-refractivity contribution >= 4 is 5.91 Å². The first kappa shape index (κ1) is 13.6. The van der Waals surface area contributed by atoms with Gasteiger partial charge < -0.3 is 15.4 Å². The van der Waals surface area contributed by atoms with Gasteiger partial charge in [0.25, 0.3) is 5.91 Å². The molecule has 1 amide bonds. The number of hydrogen-bond acceptors (Lipinski definition) is 3. The summed E-state index contributed by atoms with van der Waals surface area (Å²) in [5.41, 5.74) is 8.74. The standard InChI is InChI=1S/C17H18N2O2/c1-21-13-8-6-12(7-9-13)11-19-16(10-18)14-4-2-3-5-15(14)17(19)20/h2-9,16H,10-11,18H2,1H3. The van der Waals surface area contributed by atoms with Gasteiger partial charge in [-0.15, -0.1) is 0 Å². The van der Waals surface area contributed by atoms with Crippen molar-refractivity contribution in [2.45, 2.75) is 12.6 Å². The van der Waals surface area contributed by atoms with E-state index in [1.54, 1.807) is 7.11 Å². The number of carbonyl (C=O) groups is 1. The van der Waals surface area contributed by atoms with Crippen molar-refractivity contribution in [2.75, 3.05) is 13.7 Å². The SMILES string of the molecule is COc1ccc(CN2C(=O)c3ccccc3C2CN)cc1. The Morgan fingerprint density at radius 3 is 2.52 bits per heavy atom. The monoisotopic (exact) mass is 282 g/mol. The number of rotatable bonds is 4. The Morgan fingerprint density at radius 2 is 1.86 bits per heavy atom. The first-order valence-electron chi connectivity index (χ1n) is 6.97. The summed E-state index contributed by atoms with van der Waals surface area (Å²) in [4.78, 5) is 14.4. The first-order chi connectivity index (χ1) is 10.2. The van der Waals surface area contributed by atoms with E-state index in [0.717, 1.165) is 22.4 Å². The van der Waals surface area contributed by atoms with Crippen molar-refractivity contribution in [2.24, 2.45) is 5.73 Å². The molecule has 2 aromatic rings. The van der Waals surface area contributed by atoms with E-state index < -0.39 is 0 Å². The van der Waals surface area contributed by atoms with Crippen molar-refractivity contribution in [3.05, 3.63) is 65.2 Å². The molecule has 0 radical (unpaired) electrons.